The van der Waals surface area contributed by atoms with E-state index in [1.54, 1.807) is 11.8 Å². The average molecular weight is 303 g/mol. The molecule has 1 atom stereocenters. The lowest BCUT2D eigenvalue weighted by Crippen LogP contribution is -2.17. The Labute approximate surface area is 129 Å². The lowest BCUT2D eigenvalue weighted by molar-refractivity contribution is 0.475. The summed E-state index contributed by atoms with van der Waals surface area (Å²) in [4.78, 5) is 2.80. The predicted octanol–water partition coefficient (Wildman–Crippen LogP) is 5.81. The molecule has 1 nitrogen and oxygen atoms in total. The summed E-state index contributed by atoms with van der Waals surface area (Å²) in [7, 11) is 0. The first-order chi connectivity index (χ1) is 9.86. The van der Waals surface area contributed by atoms with Crippen molar-refractivity contribution in [3.8, 4) is 0 Å². The highest BCUT2D eigenvalue weighted by molar-refractivity contribution is 7.98. The Kier molecular flexibility index (Phi) is 4.69. The van der Waals surface area contributed by atoms with Crippen LogP contribution in [0.15, 0.2) is 46.7 Å². The van der Waals surface area contributed by atoms with E-state index in [0.29, 0.717) is 6.04 Å². The van der Waals surface area contributed by atoms with Crippen LogP contribution in [0.25, 0.3) is 0 Å². The van der Waals surface area contributed by atoms with Gasteiger partial charge in [-0.25, -0.2) is 0 Å². The van der Waals surface area contributed by atoms with E-state index >= 15 is 0 Å². The van der Waals surface area contributed by atoms with Gasteiger partial charge in [0.25, 0.3) is 0 Å². The fourth-order valence-electron chi connectivity index (χ4n) is 3.07. The second-order valence-electron chi connectivity index (χ2n) is 5.41. The van der Waals surface area contributed by atoms with Crippen LogP contribution in [0.2, 0.25) is 0 Å². The van der Waals surface area contributed by atoms with Gasteiger partial charge in [-0.1, -0.05) is 25.0 Å². The van der Waals surface area contributed by atoms with Crippen molar-refractivity contribution in [2.45, 2.75) is 36.6 Å². The van der Waals surface area contributed by atoms with E-state index < -0.39 is 0 Å². The number of anilines is 1. The molecule has 1 heterocycles. The average Bonchev–Trinajstić information content (AvgIpc) is 3.18. The molecule has 0 amide bonds. The Morgan fingerprint density at radius 1 is 1.20 bits per heavy atom. The summed E-state index contributed by atoms with van der Waals surface area (Å²) in [6.45, 7) is 0. The van der Waals surface area contributed by atoms with Crippen LogP contribution in [0.1, 0.15) is 36.6 Å². The lowest BCUT2D eigenvalue weighted by Gasteiger charge is -2.25. The zero-order chi connectivity index (χ0) is 13.8. The van der Waals surface area contributed by atoms with Crippen molar-refractivity contribution in [1.29, 1.82) is 0 Å². The van der Waals surface area contributed by atoms with Crippen molar-refractivity contribution in [3.05, 3.63) is 46.7 Å². The summed E-state index contributed by atoms with van der Waals surface area (Å²) in [6, 6.07) is 13.7. The first-order valence-electron chi connectivity index (χ1n) is 7.31. The van der Waals surface area contributed by atoms with Crippen molar-refractivity contribution in [2.75, 3.05) is 11.6 Å². The molecule has 1 saturated carbocycles. The molecule has 20 heavy (non-hydrogen) atoms. The lowest BCUT2D eigenvalue weighted by atomic mass is 9.96. The zero-order valence-corrected chi connectivity index (χ0v) is 13.5. The molecule has 0 aliphatic heterocycles. The predicted molar refractivity (Wildman–Crippen MR) is 90.9 cm³/mol. The van der Waals surface area contributed by atoms with Crippen molar-refractivity contribution in [1.82, 2.24) is 0 Å². The number of hydrogen-bond donors (Lipinski definition) is 1. The molecule has 0 spiro atoms. The maximum absolute atomic E-state index is 3.80. The summed E-state index contributed by atoms with van der Waals surface area (Å²) in [6.07, 6.45) is 7.63. The van der Waals surface area contributed by atoms with Crippen LogP contribution in [0.3, 0.4) is 0 Å². The molecule has 1 N–H and O–H groups in total. The quantitative estimate of drug-likeness (QED) is 0.699. The minimum atomic E-state index is 0.481. The number of hydrogen-bond acceptors (Lipinski definition) is 3. The fourth-order valence-corrected chi connectivity index (χ4v) is 4.40. The first kappa shape index (κ1) is 14.0. The maximum atomic E-state index is 3.80. The van der Waals surface area contributed by atoms with Crippen molar-refractivity contribution in [3.63, 3.8) is 0 Å². The molecule has 1 aliphatic rings. The standard InChI is InChI=1S/C17H21NS2/c1-19-15-9-4-8-14(12-15)18-17(13-6-2-3-7-13)16-10-5-11-20-16/h4-5,8-13,17-18H,2-3,6-7H2,1H3. The number of nitrogens with one attached hydrogen (secondary N) is 1. The largest absolute Gasteiger partial charge is 0.377 e. The molecule has 2 aromatic rings. The third-order valence-corrected chi connectivity index (χ3v) is 5.79. The molecule has 0 saturated heterocycles. The van der Waals surface area contributed by atoms with Gasteiger partial charge in [0.1, 0.15) is 0 Å². The van der Waals surface area contributed by atoms with Crippen LogP contribution in [0.4, 0.5) is 5.69 Å². The minimum absolute atomic E-state index is 0.481. The van der Waals surface area contributed by atoms with Gasteiger partial charge >= 0.3 is 0 Å². The molecule has 1 aromatic heterocycles. The second-order valence-corrected chi connectivity index (χ2v) is 7.27. The summed E-state index contributed by atoms with van der Waals surface area (Å²) in [5.41, 5.74) is 1.25. The van der Waals surface area contributed by atoms with E-state index in [1.807, 2.05) is 11.3 Å². The SMILES string of the molecule is CSc1cccc(NC(c2cccs2)C2CCCC2)c1. The van der Waals surface area contributed by atoms with E-state index in [0.717, 1.165) is 5.92 Å². The van der Waals surface area contributed by atoms with Crippen molar-refractivity contribution < 1.29 is 0 Å². The van der Waals surface area contributed by atoms with Crippen LogP contribution in [-0.4, -0.2) is 6.26 Å². The number of benzene rings is 1. The third kappa shape index (κ3) is 3.21. The monoisotopic (exact) mass is 303 g/mol. The number of rotatable bonds is 5. The Hall–Kier alpha value is -0.930. The Bertz CT molecular complexity index is 530. The van der Waals surface area contributed by atoms with Gasteiger partial charge in [0, 0.05) is 15.5 Å². The third-order valence-electron chi connectivity index (χ3n) is 4.11. The molecule has 106 valence electrons. The van der Waals surface area contributed by atoms with E-state index in [2.05, 4.69) is 53.4 Å². The van der Waals surface area contributed by atoms with E-state index in [1.165, 1.54) is 41.1 Å². The molecule has 0 bridgehead atoms. The fraction of sp³-hybridized carbons (Fsp3) is 0.412. The van der Waals surface area contributed by atoms with Gasteiger partial charge in [-0.05, 0) is 54.7 Å². The van der Waals surface area contributed by atoms with Gasteiger partial charge in [0.05, 0.1) is 6.04 Å². The molecule has 3 rings (SSSR count). The summed E-state index contributed by atoms with van der Waals surface area (Å²) < 4.78 is 0. The molecule has 1 aliphatic carbocycles. The maximum Gasteiger partial charge on any atom is 0.0634 e. The van der Waals surface area contributed by atoms with Crippen molar-refractivity contribution >= 4 is 28.8 Å². The summed E-state index contributed by atoms with van der Waals surface area (Å²) in [5, 5.41) is 5.99. The highest BCUT2D eigenvalue weighted by atomic mass is 32.2. The van der Waals surface area contributed by atoms with Gasteiger partial charge in [0.2, 0.25) is 0 Å². The van der Waals surface area contributed by atoms with Crippen LogP contribution >= 0.6 is 23.1 Å². The van der Waals surface area contributed by atoms with Crippen LogP contribution in [-0.2, 0) is 0 Å². The van der Waals surface area contributed by atoms with Crippen LogP contribution in [0.5, 0.6) is 0 Å². The van der Waals surface area contributed by atoms with E-state index in [4.69, 9.17) is 0 Å². The first-order valence-corrected chi connectivity index (χ1v) is 9.41. The topological polar surface area (TPSA) is 12.0 Å². The van der Waals surface area contributed by atoms with Gasteiger partial charge in [0.15, 0.2) is 0 Å². The van der Waals surface area contributed by atoms with Crippen molar-refractivity contribution in [2.24, 2.45) is 5.92 Å². The molecular formula is C17H21NS2. The summed E-state index contributed by atoms with van der Waals surface area (Å²) in [5.74, 6) is 0.784. The van der Waals surface area contributed by atoms with Crippen LogP contribution < -0.4 is 5.32 Å². The molecule has 1 fully saturated rings. The van der Waals surface area contributed by atoms with E-state index in [9.17, 15) is 0 Å². The Balaban J connectivity index is 1.82. The van der Waals surface area contributed by atoms with Crippen LogP contribution in [0, 0.1) is 5.92 Å². The highest BCUT2D eigenvalue weighted by Crippen LogP contribution is 2.39. The molecule has 1 unspecified atom stereocenters. The van der Waals surface area contributed by atoms with Gasteiger partial charge in [-0.2, -0.15) is 0 Å². The van der Waals surface area contributed by atoms with Gasteiger partial charge in [-0.3, -0.25) is 0 Å². The Morgan fingerprint density at radius 2 is 2.05 bits per heavy atom. The smallest absolute Gasteiger partial charge is 0.0634 e. The molecule has 0 radical (unpaired) electrons. The number of thioether (sulfide) groups is 1. The normalized spacial score (nSPS) is 17.2. The zero-order valence-electron chi connectivity index (χ0n) is 11.8. The minimum Gasteiger partial charge on any atom is -0.377 e. The molecule has 1 aromatic carbocycles. The number of thiophene rings is 1. The Morgan fingerprint density at radius 3 is 2.75 bits per heavy atom. The summed E-state index contributed by atoms with van der Waals surface area (Å²) >= 11 is 3.68. The van der Waals surface area contributed by atoms with Gasteiger partial charge < -0.3 is 5.32 Å². The second kappa shape index (κ2) is 6.68. The van der Waals surface area contributed by atoms with E-state index in [-0.39, 0.29) is 0 Å². The highest BCUT2D eigenvalue weighted by Gasteiger charge is 2.26. The molecular weight excluding hydrogens is 282 g/mol. The molecule has 3 heteroatoms. The van der Waals surface area contributed by atoms with Gasteiger partial charge in [-0.15, -0.1) is 23.1 Å².